The van der Waals surface area contributed by atoms with Gasteiger partial charge < -0.3 is 10.3 Å². The van der Waals surface area contributed by atoms with Crippen LogP contribution in [0, 0.1) is 0 Å². The Bertz CT molecular complexity index is 1190. The van der Waals surface area contributed by atoms with Crippen molar-refractivity contribution in [1.82, 2.24) is 9.97 Å². The van der Waals surface area contributed by atoms with Crippen molar-refractivity contribution in [3.8, 4) is 0 Å². The van der Waals surface area contributed by atoms with E-state index >= 15 is 0 Å². The number of hydrogen-bond donors (Lipinski definition) is 2. The fourth-order valence-electron chi connectivity index (χ4n) is 3.41. The van der Waals surface area contributed by atoms with Gasteiger partial charge in [0, 0.05) is 28.2 Å². The summed E-state index contributed by atoms with van der Waals surface area (Å²) in [6.45, 7) is 0.772. The van der Waals surface area contributed by atoms with Gasteiger partial charge in [-0.1, -0.05) is 54.6 Å². The molecule has 3 aromatic carbocycles. The van der Waals surface area contributed by atoms with Crippen LogP contribution in [-0.2, 0) is 6.54 Å². The van der Waals surface area contributed by atoms with Gasteiger partial charge in [-0.05, 0) is 29.8 Å². The molecule has 120 valence electrons. The van der Waals surface area contributed by atoms with E-state index in [2.05, 4.69) is 83.1 Å². The van der Waals surface area contributed by atoms with Gasteiger partial charge in [-0.2, -0.15) is 0 Å². The number of benzene rings is 3. The summed E-state index contributed by atoms with van der Waals surface area (Å²) >= 11 is 0. The number of rotatable bonds is 3. The number of nitrogens with one attached hydrogen (secondary N) is 2. The highest BCUT2D eigenvalue weighted by Gasteiger charge is 2.08. The predicted octanol–water partition coefficient (Wildman–Crippen LogP) is 5.48. The second-order valence-electron chi connectivity index (χ2n) is 6.26. The van der Waals surface area contributed by atoms with Crippen molar-refractivity contribution in [3.05, 3.63) is 84.4 Å². The van der Waals surface area contributed by atoms with Crippen molar-refractivity contribution in [2.45, 2.75) is 6.54 Å². The fraction of sp³-hybridized carbons (Fsp3) is 0.0455. The minimum atomic E-state index is 0.772. The lowest BCUT2D eigenvalue weighted by molar-refractivity contribution is 1.12. The van der Waals surface area contributed by atoms with Crippen molar-refractivity contribution in [2.75, 3.05) is 5.32 Å². The van der Waals surface area contributed by atoms with Crippen LogP contribution in [0.4, 0.5) is 5.82 Å². The van der Waals surface area contributed by atoms with Crippen LogP contribution in [0.5, 0.6) is 0 Å². The molecule has 2 aromatic heterocycles. The first-order chi connectivity index (χ1) is 12.4. The Morgan fingerprint density at radius 3 is 2.44 bits per heavy atom. The van der Waals surface area contributed by atoms with Crippen molar-refractivity contribution in [3.63, 3.8) is 0 Å². The maximum atomic E-state index is 4.78. The van der Waals surface area contributed by atoms with Crippen LogP contribution < -0.4 is 5.32 Å². The zero-order valence-electron chi connectivity index (χ0n) is 13.7. The average molecular weight is 323 g/mol. The largest absolute Gasteiger partial charge is 0.366 e. The van der Waals surface area contributed by atoms with Crippen molar-refractivity contribution in [1.29, 1.82) is 0 Å². The summed E-state index contributed by atoms with van der Waals surface area (Å²) in [6, 6.07) is 27.2. The number of fused-ring (bicyclic) bond motifs is 5. The molecule has 25 heavy (non-hydrogen) atoms. The van der Waals surface area contributed by atoms with Gasteiger partial charge in [-0.25, -0.2) is 4.98 Å². The molecular weight excluding hydrogens is 306 g/mol. The third kappa shape index (κ3) is 2.41. The summed E-state index contributed by atoms with van der Waals surface area (Å²) in [4.78, 5) is 8.32. The highest BCUT2D eigenvalue weighted by molar-refractivity contribution is 6.16. The van der Waals surface area contributed by atoms with Crippen LogP contribution in [0.1, 0.15) is 5.56 Å². The zero-order chi connectivity index (χ0) is 16.6. The number of hydrogen-bond acceptors (Lipinski definition) is 2. The lowest BCUT2D eigenvalue weighted by atomic mass is 10.1. The molecule has 3 heteroatoms. The number of anilines is 1. The van der Waals surface area contributed by atoms with Crippen LogP contribution >= 0.6 is 0 Å². The molecule has 0 amide bonds. The van der Waals surface area contributed by atoms with Gasteiger partial charge in [-0.15, -0.1) is 0 Å². The van der Waals surface area contributed by atoms with Gasteiger partial charge in [0.1, 0.15) is 5.82 Å². The fourth-order valence-corrected chi connectivity index (χ4v) is 3.41. The molecule has 3 nitrogen and oxygen atoms in total. The van der Waals surface area contributed by atoms with E-state index in [0.29, 0.717) is 0 Å². The summed E-state index contributed by atoms with van der Waals surface area (Å²) in [6.07, 6.45) is 0. The third-order valence-electron chi connectivity index (χ3n) is 4.66. The van der Waals surface area contributed by atoms with Crippen LogP contribution in [0.15, 0.2) is 78.9 Å². The SMILES string of the molecule is c1ccc(CNc2ccc3c(ccc4c5ccccc5[nH]c34)n2)cc1. The topological polar surface area (TPSA) is 40.7 Å². The van der Waals surface area contributed by atoms with E-state index in [0.717, 1.165) is 34.3 Å². The van der Waals surface area contributed by atoms with E-state index in [1.807, 2.05) is 6.07 Å². The summed E-state index contributed by atoms with van der Waals surface area (Å²) in [5, 5.41) is 7.06. The Hall–Kier alpha value is -3.33. The first-order valence-corrected chi connectivity index (χ1v) is 8.46. The number of pyridine rings is 1. The lowest BCUT2D eigenvalue weighted by Gasteiger charge is -2.07. The minimum Gasteiger partial charge on any atom is -0.366 e. The molecule has 5 aromatic rings. The number of aromatic nitrogens is 2. The molecule has 0 spiro atoms. The van der Waals surface area contributed by atoms with E-state index in [1.165, 1.54) is 16.3 Å². The molecule has 0 saturated heterocycles. The predicted molar refractivity (Wildman–Crippen MR) is 105 cm³/mol. The highest BCUT2D eigenvalue weighted by atomic mass is 15.0. The zero-order valence-corrected chi connectivity index (χ0v) is 13.7. The number of H-pyrrole nitrogens is 1. The average Bonchev–Trinajstić information content (AvgIpc) is 3.06. The Labute approximate surface area is 145 Å². The van der Waals surface area contributed by atoms with Gasteiger partial charge in [0.2, 0.25) is 0 Å². The van der Waals surface area contributed by atoms with E-state index in [4.69, 9.17) is 4.98 Å². The summed E-state index contributed by atoms with van der Waals surface area (Å²) in [5.41, 5.74) is 4.56. The monoisotopic (exact) mass is 323 g/mol. The second-order valence-corrected chi connectivity index (χ2v) is 6.26. The van der Waals surface area contributed by atoms with Gasteiger partial charge in [0.25, 0.3) is 0 Å². The Morgan fingerprint density at radius 1 is 0.720 bits per heavy atom. The first kappa shape index (κ1) is 14.1. The Kier molecular flexibility index (Phi) is 3.17. The standard InChI is InChI=1S/C22H17N3/c1-2-6-15(7-3-1)14-23-21-13-11-18-20(24-21)12-10-17-16-8-4-5-9-19(16)25-22(17)18/h1-13,25H,14H2,(H,23,24). The molecule has 0 unspecified atom stereocenters. The molecule has 0 saturated carbocycles. The van der Waals surface area contributed by atoms with E-state index < -0.39 is 0 Å². The molecule has 0 aliphatic carbocycles. The molecule has 2 N–H and O–H groups in total. The second kappa shape index (κ2) is 5.64. The van der Waals surface area contributed by atoms with Gasteiger partial charge in [0.05, 0.1) is 11.0 Å². The summed E-state index contributed by atoms with van der Waals surface area (Å²) in [5.74, 6) is 0.895. The third-order valence-corrected chi connectivity index (χ3v) is 4.66. The summed E-state index contributed by atoms with van der Waals surface area (Å²) < 4.78 is 0. The quantitative estimate of drug-likeness (QED) is 0.461. The number of aromatic amines is 1. The lowest BCUT2D eigenvalue weighted by Crippen LogP contribution is -2.01. The number of nitrogens with zero attached hydrogens (tertiary/aromatic N) is 1. The normalized spacial score (nSPS) is 11.4. The highest BCUT2D eigenvalue weighted by Crippen LogP contribution is 2.31. The van der Waals surface area contributed by atoms with Crippen LogP contribution in [0.2, 0.25) is 0 Å². The van der Waals surface area contributed by atoms with Crippen molar-refractivity contribution >= 4 is 38.5 Å². The van der Waals surface area contributed by atoms with Gasteiger partial charge >= 0.3 is 0 Å². The van der Waals surface area contributed by atoms with E-state index in [9.17, 15) is 0 Å². The van der Waals surface area contributed by atoms with Crippen molar-refractivity contribution in [2.24, 2.45) is 0 Å². The molecule has 0 aliphatic rings. The Balaban J connectivity index is 1.56. The van der Waals surface area contributed by atoms with E-state index in [1.54, 1.807) is 0 Å². The Morgan fingerprint density at radius 2 is 1.52 bits per heavy atom. The molecule has 0 fully saturated rings. The number of para-hydroxylation sites is 1. The molecule has 0 radical (unpaired) electrons. The molecule has 0 bridgehead atoms. The van der Waals surface area contributed by atoms with Crippen LogP contribution in [-0.4, -0.2) is 9.97 Å². The van der Waals surface area contributed by atoms with E-state index in [-0.39, 0.29) is 0 Å². The van der Waals surface area contributed by atoms with Crippen molar-refractivity contribution < 1.29 is 0 Å². The molecule has 2 heterocycles. The minimum absolute atomic E-state index is 0.772. The summed E-state index contributed by atoms with van der Waals surface area (Å²) in [7, 11) is 0. The molecule has 0 atom stereocenters. The molecule has 5 rings (SSSR count). The molecular formula is C22H17N3. The van der Waals surface area contributed by atoms with Crippen LogP contribution in [0.25, 0.3) is 32.7 Å². The van der Waals surface area contributed by atoms with Gasteiger partial charge in [-0.3, -0.25) is 0 Å². The maximum absolute atomic E-state index is 4.78. The first-order valence-electron chi connectivity index (χ1n) is 8.46. The van der Waals surface area contributed by atoms with Gasteiger partial charge in [0.15, 0.2) is 0 Å². The van der Waals surface area contributed by atoms with Crippen LogP contribution in [0.3, 0.4) is 0 Å². The maximum Gasteiger partial charge on any atom is 0.126 e. The molecule has 0 aliphatic heterocycles. The smallest absolute Gasteiger partial charge is 0.126 e.